The lowest BCUT2D eigenvalue weighted by atomic mass is 9.92. The van der Waals surface area contributed by atoms with E-state index >= 15 is 0 Å². The zero-order valence-corrected chi connectivity index (χ0v) is 13.3. The zero-order chi connectivity index (χ0) is 15.9. The number of piperidine rings is 1. The van der Waals surface area contributed by atoms with Gasteiger partial charge in [-0.3, -0.25) is 4.79 Å². The van der Waals surface area contributed by atoms with Crippen LogP contribution < -0.4 is 10.6 Å². The van der Waals surface area contributed by atoms with Crippen molar-refractivity contribution in [3.05, 3.63) is 36.2 Å². The van der Waals surface area contributed by atoms with Gasteiger partial charge in [0.15, 0.2) is 0 Å². The Hall–Kier alpha value is -2.14. The largest absolute Gasteiger partial charge is 0.445 e. The maximum Gasteiger partial charge on any atom is 0.228 e. The molecule has 1 unspecified atom stereocenters. The van der Waals surface area contributed by atoms with Gasteiger partial charge in [0, 0.05) is 17.2 Å². The maximum absolute atomic E-state index is 12.6. The van der Waals surface area contributed by atoms with E-state index in [1.807, 2.05) is 25.1 Å². The third kappa shape index (κ3) is 2.65. The summed E-state index contributed by atoms with van der Waals surface area (Å²) in [6.07, 6.45) is 6.44. The molecule has 2 heterocycles. The molecule has 1 saturated heterocycles. The number of hydrogen-bond donors (Lipinski definition) is 2. The third-order valence-electron chi connectivity index (χ3n) is 5.27. The van der Waals surface area contributed by atoms with Crippen LogP contribution in [0.5, 0.6) is 0 Å². The highest BCUT2D eigenvalue weighted by atomic mass is 16.3. The minimum absolute atomic E-state index is 0.147. The highest BCUT2D eigenvalue weighted by Gasteiger charge is 2.57. The fourth-order valence-electron chi connectivity index (χ4n) is 3.71. The van der Waals surface area contributed by atoms with E-state index in [2.05, 4.69) is 15.6 Å². The van der Waals surface area contributed by atoms with Crippen molar-refractivity contribution in [2.45, 2.75) is 26.2 Å². The minimum atomic E-state index is 0.147. The second-order valence-electron chi connectivity index (χ2n) is 6.73. The third-order valence-corrected chi connectivity index (χ3v) is 5.27. The van der Waals surface area contributed by atoms with Gasteiger partial charge in [0.25, 0.3) is 0 Å². The van der Waals surface area contributed by atoms with Gasteiger partial charge in [-0.2, -0.15) is 0 Å². The van der Waals surface area contributed by atoms with Gasteiger partial charge in [-0.25, -0.2) is 4.98 Å². The van der Waals surface area contributed by atoms with Crippen LogP contribution in [-0.2, 0) is 4.79 Å². The first-order valence-corrected chi connectivity index (χ1v) is 8.20. The van der Waals surface area contributed by atoms with Crippen molar-refractivity contribution < 1.29 is 9.21 Å². The summed E-state index contributed by atoms with van der Waals surface area (Å²) in [6, 6.07) is 5.87. The van der Waals surface area contributed by atoms with Crippen LogP contribution in [-0.4, -0.2) is 24.0 Å². The molecule has 1 saturated carbocycles. The van der Waals surface area contributed by atoms with Crippen LogP contribution in [0.15, 0.2) is 35.1 Å². The summed E-state index contributed by atoms with van der Waals surface area (Å²) in [5.74, 6) is 0.894. The molecule has 4 rings (SSSR count). The normalized spacial score (nSPS) is 22.0. The molecule has 1 aromatic carbocycles. The van der Waals surface area contributed by atoms with Gasteiger partial charge < -0.3 is 15.1 Å². The fourth-order valence-corrected chi connectivity index (χ4v) is 3.71. The second kappa shape index (κ2) is 5.49. The number of aromatic nitrogens is 1. The molecule has 5 nitrogen and oxygen atoms in total. The summed E-state index contributed by atoms with van der Waals surface area (Å²) >= 11 is 0. The Kier molecular flexibility index (Phi) is 3.45. The Bertz CT molecular complexity index is 718. The van der Waals surface area contributed by atoms with Gasteiger partial charge in [0.05, 0.1) is 6.20 Å². The van der Waals surface area contributed by atoms with Crippen molar-refractivity contribution in [1.29, 1.82) is 0 Å². The fraction of sp³-hybridized carbons (Fsp3) is 0.444. The lowest BCUT2D eigenvalue weighted by molar-refractivity contribution is -0.118. The first kappa shape index (κ1) is 14.5. The number of aryl methyl sites for hydroxylation is 1. The molecule has 1 aliphatic carbocycles. The van der Waals surface area contributed by atoms with E-state index in [1.54, 1.807) is 12.5 Å². The Labute approximate surface area is 135 Å². The van der Waals surface area contributed by atoms with Crippen molar-refractivity contribution in [1.82, 2.24) is 10.3 Å². The topological polar surface area (TPSA) is 67.2 Å². The van der Waals surface area contributed by atoms with E-state index in [4.69, 9.17) is 4.42 Å². The molecule has 2 N–H and O–H groups in total. The van der Waals surface area contributed by atoms with Crippen molar-refractivity contribution in [3.63, 3.8) is 0 Å². The average Bonchev–Trinajstić information content (AvgIpc) is 2.99. The van der Waals surface area contributed by atoms with Crippen LogP contribution >= 0.6 is 0 Å². The van der Waals surface area contributed by atoms with Crippen LogP contribution in [0.3, 0.4) is 0 Å². The Morgan fingerprint density at radius 3 is 2.96 bits per heavy atom. The van der Waals surface area contributed by atoms with Gasteiger partial charge in [0.2, 0.25) is 11.8 Å². The predicted octanol–water partition coefficient (Wildman–Crippen LogP) is 2.98. The minimum Gasteiger partial charge on any atom is -0.445 e. The molecule has 0 radical (unpaired) electrons. The van der Waals surface area contributed by atoms with Crippen molar-refractivity contribution in [2.24, 2.45) is 11.3 Å². The molecule has 1 amide bonds. The molecular formula is C18H21N3O2. The molecule has 1 atom stereocenters. The maximum atomic E-state index is 12.6. The number of amides is 1. The highest BCUT2D eigenvalue weighted by molar-refractivity contribution is 5.95. The molecule has 5 heteroatoms. The Morgan fingerprint density at radius 2 is 2.22 bits per heavy atom. The predicted molar refractivity (Wildman–Crippen MR) is 87.9 cm³/mol. The van der Waals surface area contributed by atoms with E-state index in [-0.39, 0.29) is 17.2 Å². The number of rotatable bonds is 3. The number of carbonyl (C=O) groups excluding carboxylic acids is 1. The van der Waals surface area contributed by atoms with Crippen molar-refractivity contribution >= 4 is 11.6 Å². The van der Waals surface area contributed by atoms with Gasteiger partial charge in [-0.15, -0.1) is 0 Å². The molecule has 1 aromatic heterocycles. The summed E-state index contributed by atoms with van der Waals surface area (Å²) in [5, 5.41) is 6.45. The Balaban J connectivity index is 1.49. The summed E-state index contributed by atoms with van der Waals surface area (Å²) in [6.45, 7) is 4.07. The van der Waals surface area contributed by atoms with Gasteiger partial charge >= 0.3 is 0 Å². The monoisotopic (exact) mass is 311 g/mol. The molecule has 1 spiro atoms. The van der Waals surface area contributed by atoms with E-state index < -0.39 is 0 Å². The Morgan fingerprint density at radius 1 is 1.39 bits per heavy atom. The van der Waals surface area contributed by atoms with E-state index in [0.717, 1.165) is 49.2 Å². The van der Waals surface area contributed by atoms with Gasteiger partial charge in [0.1, 0.15) is 6.26 Å². The number of anilines is 1. The first-order chi connectivity index (χ1) is 11.2. The van der Waals surface area contributed by atoms with Crippen LogP contribution in [0, 0.1) is 18.3 Å². The lowest BCUT2D eigenvalue weighted by Gasteiger charge is -2.23. The number of carbonyl (C=O) groups is 1. The van der Waals surface area contributed by atoms with E-state index in [0.29, 0.717) is 5.89 Å². The van der Waals surface area contributed by atoms with Crippen LogP contribution in [0.25, 0.3) is 11.5 Å². The number of oxazole rings is 1. The molecule has 120 valence electrons. The molecule has 2 aliphatic rings. The number of nitrogens with zero attached hydrogens (tertiary/aromatic N) is 1. The zero-order valence-electron chi connectivity index (χ0n) is 13.3. The smallest absolute Gasteiger partial charge is 0.228 e. The van der Waals surface area contributed by atoms with Crippen molar-refractivity contribution in [2.75, 3.05) is 18.4 Å². The summed E-state index contributed by atoms with van der Waals surface area (Å²) in [4.78, 5) is 16.8. The van der Waals surface area contributed by atoms with Crippen LogP contribution in [0.2, 0.25) is 0 Å². The molecule has 0 bridgehead atoms. The summed E-state index contributed by atoms with van der Waals surface area (Å²) < 4.78 is 5.38. The van der Waals surface area contributed by atoms with E-state index in [1.165, 1.54) is 0 Å². The molecule has 2 aromatic rings. The van der Waals surface area contributed by atoms with Crippen LogP contribution in [0.1, 0.15) is 24.8 Å². The van der Waals surface area contributed by atoms with Crippen LogP contribution in [0.4, 0.5) is 5.69 Å². The standard InChI is InChI=1S/C18H21N3O2/c1-12-2-3-13(10-14(12)17-20-8-9-23-17)21-16(22)15-11-18(15)4-6-19-7-5-18/h2-3,8-10,15,19H,4-7,11H2,1H3,(H,21,22). The second-order valence-corrected chi connectivity index (χ2v) is 6.73. The average molecular weight is 311 g/mol. The lowest BCUT2D eigenvalue weighted by Crippen LogP contribution is -2.31. The molecular weight excluding hydrogens is 290 g/mol. The summed E-state index contributed by atoms with van der Waals surface area (Å²) in [7, 11) is 0. The first-order valence-electron chi connectivity index (χ1n) is 8.20. The van der Waals surface area contributed by atoms with Crippen molar-refractivity contribution in [3.8, 4) is 11.5 Å². The quantitative estimate of drug-likeness (QED) is 0.914. The number of hydrogen-bond acceptors (Lipinski definition) is 4. The van der Waals surface area contributed by atoms with E-state index in [9.17, 15) is 4.79 Å². The molecule has 2 fully saturated rings. The van der Waals surface area contributed by atoms with Gasteiger partial charge in [-0.05, 0) is 62.4 Å². The molecule has 23 heavy (non-hydrogen) atoms. The SMILES string of the molecule is Cc1ccc(NC(=O)C2CC23CCNCC3)cc1-c1ncco1. The molecule has 1 aliphatic heterocycles. The summed E-state index contributed by atoms with van der Waals surface area (Å²) in [5.41, 5.74) is 3.06. The highest BCUT2D eigenvalue weighted by Crippen LogP contribution is 2.58. The number of nitrogens with one attached hydrogen (secondary N) is 2. The number of benzene rings is 1. The van der Waals surface area contributed by atoms with Gasteiger partial charge in [-0.1, -0.05) is 6.07 Å².